The third-order valence-corrected chi connectivity index (χ3v) is 1.18. The molecule has 0 aliphatic rings. The molecule has 0 radical (unpaired) electrons. The normalized spacial score (nSPS) is 8.45. The number of hydrogen-bond acceptors (Lipinski definition) is 2. The van der Waals surface area contributed by atoms with Crippen LogP contribution < -0.4 is 51.4 Å². The van der Waals surface area contributed by atoms with Gasteiger partial charge in [-0.2, -0.15) is 0 Å². The number of nitrogens with zero attached hydrogens (tertiary/aromatic N) is 1. The summed E-state index contributed by atoms with van der Waals surface area (Å²) < 4.78 is 0. The maximum Gasteiger partial charge on any atom is 1.00 e. The molecule has 1 aromatic heterocycles. The fourth-order valence-corrected chi connectivity index (χ4v) is 0.681. The summed E-state index contributed by atoms with van der Waals surface area (Å²) in [7, 11) is 0. The minimum absolute atomic E-state index is 0. The second kappa shape index (κ2) is 5.24. The van der Waals surface area contributed by atoms with Gasteiger partial charge in [-0.25, -0.2) is 9.78 Å². The van der Waals surface area contributed by atoms with Gasteiger partial charge in [0.05, 0.1) is 0 Å². The summed E-state index contributed by atoms with van der Waals surface area (Å²) in [6.07, 6.45) is 1.35. The molecule has 0 aliphatic carbocycles. The molecular weight excluding hydrogens is 193 g/mol. The molecule has 0 saturated heterocycles. The zero-order valence-corrected chi connectivity index (χ0v) is 9.79. The van der Waals surface area contributed by atoms with Crippen LogP contribution >= 0.6 is 11.6 Å². The number of aromatic carboxylic acids is 1. The van der Waals surface area contributed by atoms with Gasteiger partial charge >= 0.3 is 57.4 Å². The third-order valence-electron chi connectivity index (χ3n) is 0.941. The van der Waals surface area contributed by atoms with Crippen LogP contribution in [0.15, 0.2) is 18.3 Å². The Hall–Kier alpha value is 0.546. The number of pyridine rings is 1. The van der Waals surface area contributed by atoms with E-state index in [0.717, 1.165) is 0 Å². The zero-order valence-electron chi connectivity index (χ0n) is 6.91. The van der Waals surface area contributed by atoms with E-state index in [0.29, 0.717) is 5.02 Å². The molecule has 0 amide bonds. The van der Waals surface area contributed by atoms with E-state index in [-0.39, 0.29) is 58.5 Å². The average Bonchev–Trinajstić information content (AvgIpc) is 1.88. The number of carboxylic acid groups (broad SMARTS) is 1. The van der Waals surface area contributed by atoms with Crippen molar-refractivity contribution in [2.45, 2.75) is 0 Å². The van der Waals surface area contributed by atoms with Crippen LogP contribution in [0.3, 0.4) is 0 Å². The topological polar surface area (TPSA) is 50.2 Å². The van der Waals surface area contributed by atoms with E-state index in [1.807, 2.05) is 0 Å². The molecule has 54 valence electrons. The van der Waals surface area contributed by atoms with Gasteiger partial charge in [0.1, 0.15) is 5.69 Å². The van der Waals surface area contributed by atoms with Crippen molar-refractivity contribution in [1.82, 2.24) is 4.98 Å². The van der Waals surface area contributed by atoms with E-state index >= 15 is 0 Å². The first-order valence-corrected chi connectivity index (χ1v) is 2.93. The van der Waals surface area contributed by atoms with Crippen molar-refractivity contribution in [3.05, 3.63) is 29.0 Å². The molecule has 11 heavy (non-hydrogen) atoms. The summed E-state index contributed by atoms with van der Waals surface area (Å²) in [4.78, 5) is 13.8. The molecular formula is C6H5ClKNO2. The number of rotatable bonds is 1. The molecule has 5 heteroatoms. The number of halogens is 1. The van der Waals surface area contributed by atoms with Crippen molar-refractivity contribution in [1.29, 1.82) is 0 Å². The molecule has 0 aromatic carbocycles. The van der Waals surface area contributed by atoms with Crippen molar-refractivity contribution in [3.63, 3.8) is 0 Å². The van der Waals surface area contributed by atoms with Crippen LogP contribution in [0.25, 0.3) is 0 Å². The van der Waals surface area contributed by atoms with E-state index in [9.17, 15) is 4.79 Å². The fourth-order valence-electron chi connectivity index (χ4n) is 0.522. The standard InChI is InChI=1S/C6H4ClNO2.K.H/c7-4-1-2-8-5(3-4)6(9)10;;/h1-3H,(H,9,10);;/q;+1;-1. The second-order valence-electron chi connectivity index (χ2n) is 1.66. The zero-order chi connectivity index (χ0) is 7.56. The first-order chi connectivity index (χ1) is 4.70. The van der Waals surface area contributed by atoms with E-state index in [1.165, 1.54) is 18.3 Å². The van der Waals surface area contributed by atoms with Crippen molar-refractivity contribution >= 4 is 17.6 Å². The van der Waals surface area contributed by atoms with E-state index in [1.54, 1.807) is 0 Å². The number of hydrogen-bond donors (Lipinski definition) is 1. The van der Waals surface area contributed by atoms with Crippen LogP contribution in [0.5, 0.6) is 0 Å². The van der Waals surface area contributed by atoms with Gasteiger partial charge in [0, 0.05) is 11.2 Å². The first kappa shape index (κ1) is 11.5. The molecule has 3 nitrogen and oxygen atoms in total. The van der Waals surface area contributed by atoms with Crippen LogP contribution in [0.4, 0.5) is 0 Å². The Morgan fingerprint density at radius 1 is 1.73 bits per heavy atom. The Labute approximate surface area is 113 Å². The Morgan fingerprint density at radius 2 is 2.36 bits per heavy atom. The van der Waals surface area contributed by atoms with E-state index in [2.05, 4.69) is 4.98 Å². The maximum atomic E-state index is 10.2. The summed E-state index contributed by atoms with van der Waals surface area (Å²) in [5, 5.41) is 8.77. The molecule has 0 atom stereocenters. The SMILES string of the molecule is O=C(O)c1cc(Cl)ccn1.[H-].[K+]. The van der Waals surface area contributed by atoms with E-state index < -0.39 is 5.97 Å². The quantitative estimate of drug-likeness (QED) is 0.561. The van der Waals surface area contributed by atoms with Gasteiger partial charge in [0.25, 0.3) is 0 Å². The van der Waals surface area contributed by atoms with Gasteiger partial charge < -0.3 is 6.53 Å². The predicted octanol–water partition coefficient (Wildman–Crippen LogP) is -1.45. The van der Waals surface area contributed by atoms with E-state index in [4.69, 9.17) is 16.7 Å². The third kappa shape index (κ3) is 3.64. The Morgan fingerprint density at radius 3 is 2.73 bits per heavy atom. The second-order valence-corrected chi connectivity index (χ2v) is 2.10. The number of carbonyl (C=O) groups is 1. The summed E-state index contributed by atoms with van der Waals surface area (Å²) in [6, 6.07) is 2.82. The van der Waals surface area contributed by atoms with Crippen molar-refractivity contribution < 1.29 is 62.7 Å². The minimum Gasteiger partial charge on any atom is -1.00 e. The predicted molar refractivity (Wildman–Crippen MR) is 37.3 cm³/mol. The van der Waals surface area contributed by atoms with Gasteiger partial charge in [-0.15, -0.1) is 0 Å². The van der Waals surface area contributed by atoms with Crippen molar-refractivity contribution in [2.75, 3.05) is 0 Å². The molecule has 1 rings (SSSR count). The molecule has 0 bridgehead atoms. The van der Waals surface area contributed by atoms with Crippen LogP contribution in [-0.4, -0.2) is 16.1 Å². The Balaban J connectivity index is 0. The fraction of sp³-hybridized carbons (Fsp3) is 0. The largest absolute Gasteiger partial charge is 1.00 e. The van der Waals surface area contributed by atoms with Gasteiger partial charge in [-0.3, -0.25) is 0 Å². The average molecular weight is 198 g/mol. The molecule has 1 heterocycles. The number of carboxylic acids is 1. The molecule has 0 aliphatic heterocycles. The first-order valence-electron chi connectivity index (χ1n) is 2.55. The maximum absolute atomic E-state index is 10.2. The summed E-state index contributed by atoms with van der Waals surface area (Å²) >= 11 is 5.49. The van der Waals surface area contributed by atoms with Crippen LogP contribution in [0, 0.1) is 0 Å². The van der Waals surface area contributed by atoms with Crippen LogP contribution in [0.2, 0.25) is 5.02 Å². The molecule has 0 spiro atoms. The summed E-state index contributed by atoms with van der Waals surface area (Å²) in [5.74, 6) is -1.07. The van der Waals surface area contributed by atoms with Crippen molar-refractivity contribution in [2.24, 2.45) is 0 Å². The molecule has 0 saturated carbocycles. The van der Waals surface area contributed by atoms with Crippen LogP contribution in [0.1, 0.15) is 11.9 Å². The van der Waals surface area contributed by atoms with Crippen molar-refractivity contribution in [3.8, 4) is 0 Å². The monoisotopic (exact) mass is 197 g/mol. The Bertz CT molecular complexity index is 271. The van der Waals surface area contributed by atoms with Gasteiger partial charge in [0.15, 0.2) is 0 Å². The van der Waals surface area contributed by atoms with Gasteiger partial charge in [-0.05, 0) is 12.1 Å². The molecule has 1 aromatic rings. The smallest absolute Gasteiger partial charge is 1.00 e. The Kier molecular flexibility index (Phi) is 5.50. The molecule has 0 fully saturated rings. The van der Waals surface area contributed by atoms with Crippen LogP contribution in [-0.2, 0) is 0 Å². The summed E-state index contributed by atoms with van der Waals surface area (Å²) in [6.45, 7) is 0. The molecule has 1 N–H and O–H groups in total. The minimum atomic E-state index is -1.07. The van der Waals surface area contributed by atoms with Gasteiger partial charge in [-0.1, -0.05) is 11.6 Å². The van der Waals surface area contributed by atoms with Gasteiger partial charge in [0.2, 0.25) is 0 Å². The summed E-state index contributed by atoms with van der Waals surface area (Å²) in [5.41, 5.74) is -0.0347. The molecule has 0 unspecified atom stereocenters. The number of aromatic nitrogens is 1.